The maximum atomic E-state index is 11.8. The lowest BCUT2D eigenvalue weighted by Gasteiger charge is -2.17. The molecule has 23 heavy (non-hydrogen) atoms. The van der Waals surface area contributed by atoms with E-state index in [9.17, 15) is 14.7 Å². The number of carbonyl (C=O) groups is 2. The fourth-order valence-corrected chi connectivity index (χ4v) is 2.33. The molecule has 2 N–H and O–H groups in total. The first kappa shape index (κ1) is 19.0. The second-order valence-electron chi connectivity index (χ2n) is 5.74. The maximum Gasteiger partial charge on any atom is 0.407 e. The Bertz CT molecular complexity index is 475. The first-order valence-electron chi connectivity index (χ1n) is 8.26. The lowest BCUT2D eigenvalue weighted by Crippen LogP contribution is -2.43. The minimum Gasteiger partial charge on any atom is -0.480 e. The topological polar surface area (TPSA) is 75.6 Å². The molecule has 128 valence electrons. The molecule has 0 radical (unpaired) electrons. The van der Waals surface area contributed by atoms with Gasteiger partial charge in [0.15, 0.2) is 0 Å². The minimum absolute atomic E-state index is 0.234. The van der Waals surface area contributed by atoms with Crippen LogP contribution in [0.1, 0.15) is 45.1 Å². The lowest BCUT2D eigenvalue weighted by atomic mass is 10.0. The second kappa shape index (κ2) is 10.6. The molecule has 0 saturated heterocycles. The van der Waals surface area contributed by atoms with Gasteiger partial charge in [-0.05, 0) is 17.9 Å². The number of aliphatic carboxylic acids is 1. The molecular formula is C18H27NO4. The maximum absolute atomic E-state index is 11.8. The zero-order valence-corrected chi connectivity index (χ0v) is 14.0. The van der Waals surface area contributed by atoms with Gasteiger partial charge in [0.1, 0.15) is 6.04 Å². The molecule has 0 bridgehead atoms. The number of hydrogen-bond donors (Lipinski definition) is 2. The summed E-state index contributed by atoms with van der Waals surface area (Å²) < 4.78 is 5.20. The number of unbranched alkanes of at least 4 members (excludes halogenated alkanes) is 1. The van der Waals surface area contributed by atoms with E-state index in [0.29, 0.717) is 12.5 Å². The van der Waals surface area contributed by atoms with Gasteiger partial charge in [0.2, 0.25) is 0 Å². The van der Waals surface area contributed by atoms with Crippen LogP contribution in [-0.4, -0.2) is 29.8 Å². The average Bonchev–Trinajstić information content (AvgIpc) is 2.55. The molecule has 0 saturated carbocycles. The van der Waals surface area contributed by atoms with Crippen LogP contribution in [0.15, 0.2) is 30.3 Å². The normalized spacial score (nSPS) is 13.1. The van der Waals surface area contributed by atoms with Crippen molar-refractivity contribution in [1.29, 1.82) is 0 Å². The highest BCUT2D eigenvalue weighted by Gasteiger charge is 2.21. The third-order valence-electron chi connectivity index (χ3n) is 3.87. The van der Waals surface area contributed by atoms with Crippen molar-refractivity contribution in [2.75, 3.05) is 6.61 Å². The van der Waals surface area contributed by atoms with Gasteiger partial charge >= 0.3 is 12.1 Å². The Morgan fingerprint density at radius 1 is 1.22 bits per heavy atom. The standard InChI is InChI=1S/C18H27NO4/c1-3-5-9-14(4-2)13-23-18(22)19-16(17(20)21)12-15-10-7-6-8-11-15/h6-8,10-11,14,16H,3-5,9,12-13H2,1-2H3,(H,19,22)(H,20,21). The largest absolute Gasteiger partial charge is 0.480 e. The first-order valence-corrected chi connectivity index (χ1v) is 8.26. The average molecular weight is 321 g/mol. The van der Waals surface area contributed by atoms with Gasteiger partial charge in [0.05, 0.1) is 6.61 Å². The van der Waals surface area contributed by atoms with Gasteiger partial charge in [-0.1, -0.05) is 63.4 Å². The number of alkyl carbamates (subject to hydrolysis) is 1. The van der Waals surface area contributed by atoms with Crippen molar-refractivity contribution in [3.8, 4) is 0 Å². The summed E-state index contributed by atoms with van der Waals surface area (Å²) in [5.41, 5.74) is 0.856. The second-order valence-corrected chi connectivity index (χ2v) is 5.74. The van der Waals surface area contributed by atoms with Crippen molar-refractivity contribution >= 4 is 12.1 Å². The van der Waals surface area contributed by atoms with Crippen LogP contribution in [0, 0.1) is 5.92 Å². The Morgan fingerprint density at radius 3 is 2.48 bits per heavy atom. The number of amides is 1. The number of hydrogen-bond acceptors (Lipinski definition) is 3. The van der Waals surface area contributed by atoms with E-state index >= 15 is 0 Å². The molecule has 0 heterocycles. The van der Waals surface area contributed by atoms with Crippen LogP contribution >= 0.6 is 0 Å². The Balaban J connectivity index is 2.46. The van der Waals surface area contributed by atoms with E-state index < -0.39 is 18.1 Å². The molecular weight excluding hydrogens is 294 g/mol. The van der Waals surface area contributed by atoms with E-state index in [1.807, 2.05) is 30.3 Å². The van der Waals surface area contributed by atoms with E-state index in [-0.39, 0.29) is 6.42 Å². The highest BCUT2D eigenvalue weighted by molar-refractivity contribution is 5.80. The zero-order chi connectivity index (χ0) is 17.1. The summed E-state index contributed by atoms with van der Waals surface area (Å²) in [7, 11) is 0. The summed E-state index contributed by atoms with van der Waals surface area (Å²) in [6.07, 6.45) is 3.75. The quantitative estimate of drug-likeness (QED) is 0.690. The third kappa shape index (κ3) is 7.68. The molecule has 0 spiro atoms. The number of carboxylic acids is 1. The Kier molecular flexibility index (Phi) is 8.80. The van der Waals surface area contributed by atoms with Crippen molar-refractivity contribution in [1.82, 2.24) is 5.32 Å². The van der Waals surface area contributed by atoms with Crippen molar-refractivity contribution in [3.05, 3.63) is 35.9 Å². The van der Waals surface area contributed by atoms with Gasteiger partial charge in [-0.2, -0.15) is 0 Å². The number of carbonyl (C=O) groups excluding carboxylic acids is 1. The molecule has 1 aromatic rings. The van der Waals surface area contributed by atoms with E-state index in [1.54, 1.807) is 0 Å². The third-order valence-corrected chi connectivity index (χ3v) is 3.87. The molecule has 0 aliphatic rings. The molecule has 5 nitrogen and oxygen atoms in total. The summed E-state index contributed by atoms with van der Waals surface area (Å²) >= 11 is 0. The Labute approximate surface area is 138 Å². The lowest BCUT2D eigenvalue weighted by molar-refractivity contribution is -0.139. The summed E-state index contributed by atoms with van der Waals surface area (Å²) in [5, 5.41) is 11.7. The Hall–Kier alpha value is -2.04. The van der Waals surface area contributed by atoms with Gasteiger partial charge in [0, 0.05) is 6.42 Å². The van der Waals surface area contributed by atoms with Crippen LogP contribution in [-0.2, 0) is 16.0 Å². The minimum atomic E-state index is -1.07. The van der Waals surface area contributed by atoms with Crippen molar-refractivity contribution in [3.63, 3.8) is 0 Å². The molecule has 2 atom stereocenters. The highest BCUT2D eigenvalue weighted by Crippen LogP contribution is 2.13. The highest BCUT2D eigenvalue weighted by atomic mass is 16.5. The number of ether oxygens (including phenoxy) is 1. The number of nitrogens with one attached hydrogen (secondary N) is 1. The summed E-state index contributed by atoms with van der Waals surface area (Å²) in [6.45, 7) is 4.53. The van der Waals surface area contributed by atoms with Crippen LogP contribution in [0.5, 0.6) is 0 Å². The van der Waals surface area contributed by atoms with E-state index in [0.717, 1.165) is 31.2 Å². The number of benzene rings is 1. The van der Waals surface area contributed by atoms with Crippen LogP contribution in [0.3, 0.4) is 0 Å². The van der Waals surface area contributed by atoms with Gasteiger partial charge in [-0.15, -0.1) is 0 Å². The SMILES string of the molecule is CCCCC(CC)COC(=O)NC(Cc1ccccc1)C(=O)O. The Morgan fingerprint density at radius 2 is 1.91 bits per heavy atom. The van der Waals surface area contributed by atoms with E-state index in [2.05, 4.69) is 19.2 Å². The molecule has 1 amide bonds. The predicted molar refractivity (Wildman–Crippen MR) is 89.4 cm³/mol. The first-order chi connectivity index (χ1) is 11.1. The van der Waals surface area contributed by atoms with Crippen LogP contribution in [0.25, 0.3) is 0 Å². The van der Waals surface area contributed by atoms with E-state index in [4.69, 9.17) is 4.74 Å². The number of rotatable bonds is 10. The molecule has 1 aromatic carbocycles. The molecule has 5 heteroatoms. The molecule has 0 aromatic heterocycles. The molecule has 0 aliphatic heterocycles. The summed E-state index contributed by atoms with van der Waals surface area (Å²) in [6, 6.07) is 8.22. The molecule has 1 rings (SSSR count). The van der Waals surface area contributed by atoms with Gasteiger partial charge < -0.3 is 15.2 Å². The summed E-state index contributed by atoms with van der Waals surface area (Å²) in [5.74, 6) is -0.734. The molecule has 2 unspecified atom stereocenters. The van der Waals surface area contributed by atoms with Crippen LogP contribution in [0.2, 0.25) is 0 Å². The number of carboxylic acid groups (broad SMARTS) is 1. The van der Waals surface area contributed by atoms with E-state index in [1.165, 1.54) is 0 Å². The van der Waals surface area contributed by atoms with Crippen LogP contribution in [0.4, 0.5) is 4.79 Å². The van der Waals surface area contributed by atoms with Crippen molar-refractivity contribution < 1.29 is 19.4 Å². The fraction of sp³-hybridized carbons (Fsp3) is 0.556. The van der Waals surface area contributed by atoms with Gasteiger partial charge in [-0.3, -0.25) is 0 Å². The van der Waals surface area contributed by atoms with Crippen LogP contribution < -0.4 is 5.32 Å². The zero-order valence-electron chi connectivity index (χ0n) is 14.0. The monoisotopic (exact) mass is 321 g/mol. The van der Waals surface area contributed by atoms with Gasteiger partial charge in [-0.25, -0.2) is 9.59 Å². The van der Waals surface area contributed by atoms with Crippen molar-refractivity contribution in [2.45, 2.75) is 52.0 Å². The predicted octanol–water partition coefficient (Wildman–Crippen LogP) is 3.62. The molecule has 0 aliphatic carbocycles. The molecule has 0 fully saturated rings. The van der Waals surface area contributed by atoms with Crippen molar-refractivity contribution in [2.24, 2.45) is 5.92 Å². The van der Waals surface area contributed by atoms with Gasteiger partial charge in [0.25, 0.3) is 0 Å². The smallest absolute Gasteiger partial charge is 0.407 e. The fourth-order valence-electron chi connectivity index (χ4n) is 2.33. The summed E-state index contributed by atoms with van der Waals surface area (Å²) in [4.78, 5) is 23.2.